The van der Waals surface area contributed by atoms with Crippen LogP contribution in [0.3, 0.4) is 0 Å². The van der Waals surface area contributed by atoms with Crippen molar-refractivity contribution in [3.8, 4) is 0 Å². The Morgan fingerprint density at radius 3 is 1.00 bits per heavy atom. The zero-order valence-corrected chi connectivity index (χ0v) is 15.3. The highest BCUT2D eigenvalue weighted by Crippen LogP contribution is 2.36. The Hall–Kier alpha value is -1.13. The topological polar surface area (TPSA) is 0 Å². The number of fused-ring (bicyclic) bond motifs is 6. The molecule has 112 valence electrons. The summed E-state index contributed by atoms with van der Waals surface area (Å²) in [7, 11) is -2.84. The molecule has 0 radical (unpaired) electrons. The van der Waals surface area contributed by atoms with Gasteiger partial charge in [-0.15, -0.1) is 0 Å². The van der Waals surface area contributed by atoms with Gasteiger partial charge >= 0.3 is 0 Å². The standard InChI is InChI=1S/C20H24Si2/c1-2-10-18-17(9-1)21(13-5-6-14-21)19-11-3-4-12-20(19)22(18)15-7-8-16-22/h1-4,9-12H,5-8,13-16H2. The van der Waals surface area contributed by atoms with Gasteiger partial charge in [0, 0.05) is 0 Å². The van der Waals surface area contributed by atoms with Crippen molar-refractivity contribution >= 4 is 36.9 Å². The van der Waals surface area contributed by atoms with Crippen LogP contribution in [0.1, 0.15) is 25.7 Å². The zero-order valence-electron chi connectivity index (χ0n) is 13.3. The van der Waals surface area contributed by atoms with E-state index in [-0.39, 0.29) is 0 Å². The highest BCUT2D eigenvalue weighted by molar-refractivity contribution is 7.18. The van der Waals surface area contributed by atoms with E-state index in [2.05, 4.69) is 48.5 Å². The molecule has 2 aromatic rings. The summed E-state index contributed by atoms with van der Waals surface area (Å²) in [6.45, 7) is 0. The summed E-state index contributed by atoms with van der Waals surface area (Å²) in [4.78, 5) is 0. The van der Waals surface area contributed by atoms with E-state index in [9.17, 15) is 0 Å². The Kier molecular flexibility index (Phi) is 2.84. The molecule has 3 aliphatic rings. The molecule has 0 N–H and O–H groups in total. The van der Waals surface area contributed by atoms with Gasteiger partial charge in [-0.1, -0.05) is 95.0 Å². The van der Waals surface area contributed by atoms with Crippen LogP contribution in [0.2, 0.25) is 24.2 Å². The van der Waals surface area contributed by atoms with Crippen molar-refractivity contribution in [3.05, 3.63) is 48.5 Å². The summed E-state index contributed by atoms with van der Waals surface area (Å²) in [5.41, 5.74) is 0. The van der Waals surface area contributed by atoms with Crippen molar-refractivity contribution in [2.75, 3.05) is 0 Å². The first kappa shape index (κ1) is 13.3. The lowest BCUT2D eigenvalue weighted by Crippen LogP contribution is -2.79. The minimum atomic E-state index is -1.42. The summed E-state index contributed by atoms with van der Waals surface area (Å²) in [6, 6.07) is 25.5. The van der Waals surface area contributed by atoms with Crippen LogP contribution in [0.4, 0.5) is 0 Å². The predicted molar refractivity (Wildman–Crippen MR) is 101 cm³/mol. The lowest BCUT2D eigenvalue weighted by atomic mass is 10.3. The maximum atomic E-state index is 2.55. The Balaban J connectivity index is 1.87. The minimum absolute atomic E-state index is 1.42. The average molecular weight is 321 g/mol. The maximum Gasteiger partial charge on any atom is 0.117 e. The molecule has 2 heteroatoms. The zero-order chi connectivity index (χ0) is 14.6. The molecule has 0 saturated carbocycles. The Bertz CT molecular complexity index is 608. The van der Waals surface area contributed by atoms with Gasteiger partial charge in [-0.05, 0) is 24.2 Å². The van der Waals surface area contributed by atoms with Crippen LogP contribution in [0.15, 0.2) is 48.5 Å². The molecular weight excluding hydrogens is 296 g/mol. The fourth-order valence-electron chi connectivity index (χ4n) is 5.96. The molecule has 2 saturated heterocycles. The van der Waals surface area contributed by atoms with E-state index in [1.807, 2.05) is 20.7 Å². The summed E-state index contributed by atoms with van der Waals surface area (Å²) in [5.74, 6) is 0. The molecule has 2 aromatic carbocycles. The highest BCUT2D eigenvalue weighted by atomic mass is 28.3. The molecule has 3 heterocycles. The van der Waals surface area contributed by atoms with Crippen LogP contribution >= 0.6 is 0 Å². The Labute approximate surface area is 135 Å². The van der Waals surface area contributed by atoms with Crippen molar-refractivity contribution in [2.24, 2.45) is 0 Å². The summed E-state index contributed by atoms with van der Waals surface area (Å²) < 4.78 is 0. The fraction of sp³-hybridized carbons (Fsp3) is 0.400. The highest BCUT2D eigenvalue weighted by Gasteiger charge is 2.53. The van der Waals surface area contributed by atoms with Crippen LogP contribution < -0.4 is 20.7 Å². The third-order valence-electron chi connectivity index (χ3n) is 6.83. The first-order chi connectivity index (χ1) is 10.9. The summed E-state index contributed by atoms with van der Waals surface area (Å²) in [6.07, 6.45) is 5.85. The molecule has 22 heavy (non-hydrogen) atoms. The molecule has 0 aromatic heterocycles. The molecule has 0 nitrogen and oxygen atoms in total. The van der Waals surface area contributed by atoms with Crippen molar-refractivity contribution in [3.63, 3.8) is 0 Å². The van der Waals surface area contributed by atoms with Crippen LogP contribution in [-0.4, -0.2) is 16.1 Å². The molecule has 0 amide bonds. The number of benzene rings is 2. The van der Waals surface area contributed by atoms with Gasteiger partial charge in [-0.25, -0.2) is 0 Å². The van der Waals surface area contributed by atoms with Crippen molar-refractivity contribution in [2.45, 2.75) is 49.9 Å². The summed E-state index contributed by atoms with van der Waals surface area (Å²) >= 11 is 0. The van der Waals surface area contributed by atoms with Gasteiger partial charge in [0.05, 0.1) is 0 Å². The molecule has 0 unspecified atom stereocenters. The second-order valence-corrected chi connectivity index (χ2v) is 16.2. The largest absolute Gasteiger partial charge is 0.117 e. The van der Waals surface area contributed by atoms with Crippen LogP contribution in [0.25, 0.3) is 0 Å². The van der Waals surface area contributed by atoms with Crippen LogP contribution in [-0.2, 0) is 0 Å². The smallest absolute Gasteiger partial charge is 0.0627 e. The van der Waals surface area contributed by atoms with E-state index in [1.54, 1.807) is 0 Å². The quantitative estimate of drug-likeness (QED) is 0.655. The van der Waals surface area contributed by atoms with Gasteiger partial charge in [0.1, 0.15) is 16.1 Å². The fourth-order valence-corrected chi connectivity index (χ4v) is 19.5. The molecule has 0 bridgehead atoms. The average Bonchev–Trinajstić information content (AvgIpc) is 3.25. The van der Waals surface area contributed by atoms with E-state index < -0.39 is 16.1 Å². The molecular formula is C20H24Si2. The first-order valence-corrected chi connectivity index (χ1v) is 13.9. The van der Waals surface area contributed by atoms with Gasteiger partial charge in [-0.3, -0.25) is 0 Å². The molecule has 5 rings (SSSR count). The lowest BCUT2D eigenvalue weighted by molar-refractivity contribution is 0.935. The van der Waals surface area contributed by atoms with Gasteiger partial charge in [0.2, 0.25) is 0 Å². The lowest BCUT2D eigenvalue weighted by Gasteiger charge is -2.45. The van der Waals surface area contributed by atoms with E-state index >= 15 is 0 Å². The predicted octanol–water partition coefficient (Wildman–Crippen LogP) is 2.71. The number of hydrogen-bond acceptors (Lipinski definition) is 0. The Morgan fingerprint density at radius 1 is 0.455 bits per heavy atom. The Morgan fingerprint density at radius 2 is 0.727 bits per heavy atom. The summed E-state index contributed by atoms with van der Waals surface area (Å²) in [5, 5.41) is 7.50. The van der Waals surface area contributed by atoms with Gasteiger partial charge in [0.15, 0.2) is 0 Å². The normalized spacial score (nSPS) is 23.6. The second kappa shape index (κ2) is 4.68. The van der Waals surface area contributed by atoms with Gasteiger partial charge in [0.25, 0.3) is 0 Å². The third-order valence-corrected chi connectivity index (χ3v) is 18.0. The van der Waals surface area contributed by atoms with Gasteiger partial charge < -0.3 is 0 Å². The number of hydrogen-bond donors (Lipinski definition) is 0. The minimum Gasteiger partial charge on any atom is -0.0627 e. The van der Waals surface area contributed by atoms with E-state index in [0.717, 1.165) is 0 Å². The molecule has 0 atom stereocenters. The van der Waals surface area contributed by atoms with Crippen molar-refractivity contribution in [1.82, 2.24) is 0 Å². The van der Waals surface area contributed by atoms with Gasteiger partial charge in [-0.2, -0.15) is 0 Å². The molecule has 2 spiro atoms. The second-order valence-electron chi connectivity index (χ2n) is 7.67. The SMILES string of the molecule is c1ccc2c(c1)[Si]1(CCCC1)c1ccccc1[Si]21CCCC1. The van der Waals surface area contributed by atoms with Crippen molar-refractivity contribution < 1.29 is 0 Å². The molecule has 0 aliphatic carbocycles. The monoisotopic (exact) mass is 320 g/mol. The van der Waals surface area contributed by atoms with Crippen LogP contribution in [0.5, 0.6) is 0 Å². The van der Waals surface area contributed by atoms with Crippen LogP contribution in [0, 0.1) is 0 Å². The molecule has 3 aliphatic heterocycles. The van der Waals surface area contributed by atoms with E-state index in [0.29, 0.717) is 0 Å². The first-order valence-electron chi connectivity index (χ1n) is 9.07. The molecule has 2 fully saturated rings. The van der Waals surface area contributed by atoms with E-state index in [4.69, 9.17) is 0 Å². The van der Waals surface area contributed by atoms with Crippen molar-refractivity contribution in [1.29, 1.82) is 0 Å². The van der Waals surface area contributed by atoms with E-state index in [1.165, 1.54) is 49.9 Å². The maximum absolute atomic E-state index is 2.55. The third kappa shape index (κ3) is 1.53. The number of rotatable bonds is 0.